The Bertz CT molecular complexity index is 687. The van der Waals surface area contributed by atoms with E-state index in [1.54, 1.807) is 6.20 Å². The monoisotopic (exact) mass is 254 g/mol. The van der Waals surface area contributed by atoms with E-state index in [-0.39, 0.29) is 0 Å². The van der Waals surface area contributed by atoms with Crippen LogP contribution in [0, 0.1) is 0 Å². The molecule has 3 nitrogen and oxygen atoms in total. The van der Waals surface area contributed by atoms with Gasteiger partial charge in [-0.15, -0.1) is 0 Å². The summed E-state index contributed by atoms with van der Waals surface area (Å²) in [5.41, 5.74) is 2.65. The highest BCUT2D eigenvalue weighted by Gasteiger charge is 2.09. The third-order valence-corrected chi connectivity index (χ3v) is 3.42. The fourth-order valence-electron chi connectivity index (χ4n) is 2.38. The minimum absolute atomic E-state index is 0.823. The number of unbranched alkanes of at least 4 members (excludes halogenated alkanes) is 3. The zero-order chi connectivity index (χ0) is 13.1. The number of rotatable bonds is 5. The molecule has 19 heavy (non-hydrogen) atoms. The molecular formula is C16H18N2O. The molecule has 1 aromatic carbocycles. The first-order chi connectivity index (χ1) is 9.38. The van der Waals surface area contributed by atoms with E-state index in [0.717, 1.165) is 40.7 Å². The number of aromatic nitrogens is 2. The maximum atomic E-state index is 5.89. The van der Waals surface area contributed by atoms with E-state index in [4.69, 9.17) is 4.42 Å². The van der Waals surface area contributed by atoms with Gasteiger partial charge in [0.1, 0.15) is 11.0 Å². The maximum absolute atomic E-state index is 5.89. The predicted molar refractivity (Wildman–Crippen MR) is 77.2 cm³/mol. The van der Waals surface area contributed by atoms with Gasteiger partial charge in [0, 0.05) is 18.0 Å². The number of fused-ring (bicyclic) bond motifs is 3. The summed E-state index contributed by atoms with van der Waals surface area (Å²) in [6.45, 7) is 2.22. The van der Waals surface area contributed by atoms with Gasteiger partial charge < -0.3 is 4.42 Å². The van der Waals surface area contributed by atoms with Crippen LogP contribution in [0.4, 0.5) is 0 Å². The Hall–Kier alpha value is -1.90. The second-order valence-corrected chi connectivity index (χ2v) is 4.91. The molecule has 0 aliphatic heterocycles. The normalized spacial score (nSPS) is 11.4. The number of oxazole rings is 1. The van der Waals surface area contributed by atoms with Gasteiger partial charge in [0.15, 0.2) is 11.5 Å². The topological polar surface area (TPSA) is 38.9 Å². The molecule has 0 unspecified atom stereocenters. The molecule has 98 valence electrons. The van der Waals surface area contributed by atoms with Crippen molar-refractivity contribution >= 4 is 22.0 Å². The van der Waals surface area contributed by atoms with E-state index >= 15 is 0 Å². The van der Waals surface area contributed by atoms with E-state index in [9.17, 15) is 0 Å². The maximum Gasteiger partial charge on any atom is 0.195 e. The number of nitrogens with zero attached hydrogens (tertiary/aromatic N) is 2. The molecule has 0 amide bonds. The number of pyridine rings is 1. The van der Waals surface area contributed by atoms with Crippen LogP contribution in [0.1, 0.15) is 38.5 Å². The summed E-state index contributed by atoms with van der Waals surface area (Å²) in [6, 6.07) is 8.05. The van der Waals surface area contributed by atoms with Gasteiger partial charge in [0.2, 0.25) is 0 Å². The highest BCUT2D eigenvalue weighted by molar-refractivity contribution is 5.99. The highest BCUT2D eigenvalue weighted by Crippen LogP contribution is 2.24. The number of hydrogen-bond acceptors (Lipinski definition) is 3. The van der Waals surface area contributed by atoms with Crippen LogP contribution in [-0.4, -0.2) is 9.97 Å². The highest BCUT2D eigenvalue weighted by atomic mass is 16.3. The molecule has 0 aliphatic carbocycles. The summed E-state index contributed by atoms with van der Waals surface area (Å²) in [4.78, 5) is 8.95. The smallest absolute Gasteiger partial charge is 0.195 e. The Balaban J connectivity index is 1.90. The van der Waals surface area contributed by atoms with Crippen molar-refractivity contribution in [1.82, 2.24) is 9.97 Å². The molecular weight excluding hydrogens is 236 g/mol. The number of benzene rings is 1. The van der Waals surface area contributed by atoms with Crippen molar-refractivity contribution in [1.29, 1.82) is 0 Å². The fourth-order valence-corrected chi connectivity index (χ4v) is 2.38. The van der Waals surface area contributed by atoms with Gasteiger partial charge in [-0.1, -0.05) is 38.3 Å². The lowest BCUT2D eigenvalue weighted by molar-refractivity contribution is 0.510. The lowest BCUT2D eigenvalue weighted by Gasteiger charge is -1.95. The van der Waals surface area contributed by atoms with Crippen molar-refractivity contribution < 1.29 is 4.42 Å². The van der Waals surface area contributed by atoms with Crippen LogP contribution in [-0.2, 0) is 6.42 Å². The average Bonchev–Trinajstić information content (AvgIpc) is 2.87. The molecule has 0 spiro atoms. The Kier molecular flexibility index (Phi) is 3.45. The Morgan fingerprint density at radius 2 is 2.05 bits per heavy atom. The lowest BCUT2D eigenvalue weighted by Crippen LogP contribution is -1.84. The van der Waals surface area contributed by atoms with Crippen molar-refractivity contribution in [3.63, 3.8) is 0 Å². The SMILES string of the molecule is CCCCCCc1nc2ccc3cccnc3c2o1. The van der Waals surface area contributed by atoms with Gasteiger partial charge in [-0.3, -0.25) is 4.98 Å². The molecule has 0 N–H and O–H groups in total. The third kappa shape index (κ3) is 2.46. The molecule has 0 radical (unpaired) electrons. The van der Waals surface area contributed by atoms with Gasteiger partial charge in [0.05, 0.1) is 0 Å². The van der Waals surface area contributed by atoms with E-state index in [2.05, 4.69) is 16.9 Å². The van der Waals surface area contributed by atoms with Crippen molar-refractivity contribution in [3.05, 3.63) is 36.4 Å². The molecule has 3 rings (SSSR count). The zero-order valence-electron chi connectivity index (χ0n) is 11.2. The Morgan fingerprint density at radius 3 is 2.95 bits per heavy atom. The summed E-state index contributed by atoms with van der Waals surface area (Å²) >= 11 is 0. The lowest BCUT2D eigenvalue weighted by atomic mass is 10.1. The molecule has 0 fully saturated rings. The van der Waals surface area contributed by atoms with Crippen LogP contribution in [0.2, 0.25) is 0 Å². The van der Waals surface area contributed by atoms with Gasteiger partial charge in [-0.05, 0) is 18.6 Å². The van der Waals surface area contributed by atoms with Gasteiger partial charge >= 0.3 is 0 Å². The molecule has 0 bridgehead atoms. The molecule has 3 heteroatoms. The van der Waals surface area contributed by atoms with Crippen LogP contribution < -0.4 is 0 Å². The number of hydrogen-bond donors (Lipinski definition) is 0. The fraction of sp³-hybridized carbons (Fsp3) is 0.375. The molecule has 0 saturated heterocycles. The van der Waals surface area contributed by atoms with Gasteiger partial charge in [-0.25, -0.2) is 4.98 Å². The molecule has 3 aromatic rings. The van der Waals surface area contributed by atoms with E-state index in [1.165, 1.54) is 19.3 Å². The van der Waals surface area contributed by atoms with Crippen LogP contribution in [0.15, 0.2) is 34.9 Å². The number of aryl methyl sites for hydroxylation is 1. The van der Waals surface area contributed by atoms with Crippen LogP contribution in [0.25, 0.3) is 22.0 Å². The van der Waals surface area contributed by atoms with Crippen LogP contribution in [0.5, 0.6) is 0 Å². The Morgan fingerprint density at radius 1 is 1.11 bits per heavy atom. The zero-order valence-corrected chi connectivity index (χ0v) is 11.2. The largest absolute Gasteiger partial charge is 0.438 e. The van der Waals surface area contributed by atoms with Crippen molar-refractivity contribution in [2.24, 2.45) is 0 Å². The second-order valence-electron chi connectivity index (χ2n) is 4.91. The summed E-state index contributed by atoms with van der Waals surface area (Å²) in [5.74, 6) is 0.837. The summed E-state index contributed by atoms with van der Waals surface area (Å²) < 4.78 is 5.89. The van der Waals surface area contributed by atoms with Crippen LogP contribution in [0.3, 0.4) is 0 Å². The van der Waals surface area contributed by atoms with E-state index < -0.39 is 0 Å². The van der Waals surface area contributed by atoms with Crippen molar-refractivity contribution in [3.8, 4) is 0 Å². The quantitative estimate of drug-likeness (QED) is 0.629. The minimum atomic E-state index is 0.823. The third-order valence-electron chi connectivity index (χ3n) is 3.42. The molecule has 2 heterocycles. The predicted octanol–water partition coefficient (Wildman–Crippen LogP) is 4.50. The summed E-state index contributed by atoms with van der Waals surface area (Å²) in [6.07, 6.45) is 7.64. The first-order valence-corrected chi connectivity index (χ1v) is 7.01. The first-order valence-electron chi connectivity index (χ1n) is 7.01. The van der Waals surface area contributed by atoms with Crippen molar-refractivity contribution in [2.45, 2.75) is 39.0 Å². The molecule has 0 aliphatic rings. The summed E-state index contributed by atoms with van der Waals surface area (Å²) in [5, 5.41) is 1.10. The minimum Gasteiger partial charge on any atom is -0.438 e. The standard InChI is InChI=1S/C16H18N2O/c1-2-3-4-5-8-14-18-13-10-9-12-7-6-11-17-15(12)16(13)19-14/h6-7,9-11H,2-5,8H2,1H3. The van der Waals surface area contributed by atoms with E-state index in [1.807, 2.05) is 24.3 Å². The van der Waals surface area contributed by atoms with Crippen molar-refractivity contribution in [2.75, 3.05) is 0 Å². The van der Waals surface area contributed by atoms with Gasteiger partial charge in [-0.2, -0.15) is 0 Å². The molecule has 0 saturated carbocycles. The van der Waals surface area contributed by atoms with E-state index in [0.29, 0.717) is 0 Å². The second kappa shape index (κ2) is 5.39. The van der Waals surface area contributed by atoms with Gasteiger partial charge in [0.25, 0.3) is 0 Å². The Labute approximate surface area is 112 Å². The first kappa shape index (κ1) is 12.2. The molecule has 2 aromatic heterocycles. The van der Waals surface area contributed by atoms with Crippen LogP contribution >= 0.6 is 0 Å². The molecule has 0 atom stereocenters. The summed E-state index contributed by atoms with van der Waals surface area (Å²) in [7, 11) is 0. The average molecular weight is 254 g/mol.